The number of hydrogen-bond donors (Lipinski definition) is 0. The maximum atomic E-state index is 13.8. The number of carbonyl (C=O) groups is 2. The van der Waals surface area contributed by atoms with Gasteiger partial charge in [0.15, 0.2) is 0 Å². The molecule has 1 aliphatic carbocycles. The second-order valence-corrected chi connectivity index (χ2v) is 9.81. The van der Waals surface area contributed by atoms with Crippen molar-refractivity contribution in [3.05, 3.63) is 60.7 Å². The van der Waals surface area contributed by atoms with Crippen LogP contribution in [-0.4, -0.2) is 11.8 Å². The molecule has 0 atom stereocenters. The number of rotatable bonds is 3. The van der Waals surface area contributed by atoms with Gasteiger partial charge >= 0.3 is 0 Å². The Labute approximate surface area is 184 Å². The van der Waals surface area contributed by atoms with Crippen molar-refractivity contribution in [1.29, 1.82) is 5.26 Å². The minimum Gasteiger partial charge on any atom is -0.272 e. The van der Waals surface area contributed by atoms with Gasteiger partial charge in [-0.15, -0.1) is 0 Å². The predicted octanol–water partition coefficient (Wildman–Crippen LogP) is 5.34. The molecule has 4 rings (SSSR count). The van der Waals surface area contributed by atoms with Crippen LogP contribution in [0.25, 0.3) is 0 Å². The summed E-state index contributed by atoms with van der Waals surface area (Å²) in [5.74, 6) is -1.12. The van der Waals surface area contributed by atoms with Crippen molar-refractivity contribution in [3.8, 4) is 6.07 Å². The molecule has 2 aliphatic rings. The van der Waals surface area contributed by atoms with Crippen molar-refractivity contribution in [2.45, 2.75) is 46.5 Å². The standard InChI is InChI=1S/C26H29N3O2/c1-25(2,3)19-14-16-26(18-27,17-15-19)22-23(30)28(20-10-6-4-7-11-20)29(24(22)31)21-12-8-5-9-13-21/h4-13,19,22H,14-17H2,1-3H3. The lowest BCUT2D eigenvalue weighted by Gasteiger charge is -2.41. The van der Waals surface area contributed by atoms with Crippen molar-refractivity contribution >= 4 is 23.2 Å². The molecule has 1 heterocycles. The van der Waals surface area contributed by atoms with Crippen LogP contribution >= 0.6 is 0 Å². The van der Waals surface area contributed by atoms with Gasteiger partial charge in [0, 0.05) is 0 Å². The molecule has 0 spiro atoms. The number of hydrazine groups is 1. The van der Waals surface area contributed by atoms with Gasteiger partial charge in [-0.05, 0) is 61.3 Å². The summed E-state index contributed by atoms with van der Waals surface area (Å²) in [4.78, 5) is 27.5. The maximum absolute atomic E-state index is 13.8. The Balaban J connectivity index is 1.74. The molecule has 160 valence electrons. The number of carbonyl (C=O) groups excluding carboxylic acids is 2. The number of nitrogens with zero attached hydrogens (tertiary/aromatic N) is 3. The van der Waals surface area contributed by atoms with Gasteiger partial charge in [0.05, 0.1) is 22.9 Å². The topological polar surface area (TPSA) is 64.4 Å². The molecule has 2 aromatic rings. The van der Waals surface area contributed by atoms with Gasteiger partial charge in [0.2, 0.25) is 0 Å². The molecule has 0 radical (unpaired) electrons. The number of para-hydroxylation sites is 2. The van der Waals surface area contributed by atoms with Crippen LogP contribution in [0.1, 0.15) is 46.5 Å². The quantitative estimate of drug-likeness (QED) is 0.635. The third kappa shape index (κ3) is 3.61. The minimum absolute atomic E-state index is 0.150. The number of nitriles is 1. The molecule has 0 aromatic heterocycles. The van der Waals surface area contributed by atoms with Gasteiger partial charge < -0.3 is 0 Å². The second kappa shape index (κ2) is 7.85. The summed E-state index contributed by atoms with van der Waals surface area (Å²) in [6.07, 6.45) is 2.84. The number of hydrogen-bond acceptors (Lipinski definition) is 3. The molecule has 0 bridgehead atoms. The van der Waals surface area contributed by atoms with E-state index in [-0.39, 0.29) is 17.2 Å². The summed E-state index contributed by atoms with van der Waals surface area (Å²) < 4.78 is 0. The lowest BCUT2D eigenvalue weighted by atomic mass is 9.60. The molecule has 1 saturated carbocycles. The molecule has 2 aromatic carbocycles. The average molecular weight is 416 g/mol. The van der Waals surface area contributed by atoms with Crippen molar-refractivity contribution in [2.24, 2.45) is 22.7 Å². The Morgan fingerprint density at radius 3 is 1.61 bits per heavy atom. The summed E-state index contributed by atoms with van der Waals surface area (Å²) in [7, 11) is 0. The first-order valence-electron chi connectivity index (χ1n) is 11.0. The fraction of sp³-hybridized carbons (Fsp3) is 0.423. The molecule has 5 heteroatoms. The molecule has 2 amide bonds. The van der Waals surface area contributed by atoms with Crippen molar-refractivity contribution in [1.82, 2.24) is 0 Å². The first-order valence-corrected chi connectivity index (χ1v) is 11.0. The van der Waals surface area contributed by atoms with Crippen LogP contribution in [0.4, 0.5) is 11.4 Å². The Morgan fingerprint density at radius 2 is 1.26 bits per heavy atom. The molecule has 31 heavy (non-hydrogen) atoms. The second-order valence-electron chi connectivity index (χ2n) is 9.81. The van der Waals surface area contributed by atoms with Crippen molar-refractivity contribution in [3.63, 3.8) is 0 Å². The molecule has 1 aliphatic heterocycles. The number of benzene rings is 2. The zero-order valence-corrected chi connectivity index (χ0v) is 18.4. The monoisotopic (exact) mass is 415 g/mol. The van der Waals surface area contributed by atoms with Gasteiger partial charge in [-0.25, -0.2) is 10.0 Å². The van der Waals surface area contributed by atoms with Crippen molar-refractivity contribution < 1.29 is 9.59 Å². The Hall–Kier alpha value is -3.13. The van der Waals surface area contributed by atoms with Crippen LogP contribution in [0.2, 0.25) is 0 Å². The molecular weight excluding hydrogens is 386 g/mol. The Bertz CT molecular complexity index is 939. The molecule has 0 N–H and O–H groups in total. The van der Waals surface area contributed by atoms with Crippen LogP contribution < -0.4 is 10.0 Å². The van der Waals surface area contributed by atoms with E-state index in [1.54, 1.807) is 0 Å². The average Bonchev–Trinajstić information content (AvgIpc) is 3.05. The predicted molar refractivity (Wildman–Crippen MR) is 121 cm³/mol. The van der Waals surface area contributed by atoms with E-state index in [1.807, 2.05) is 60.7 Å². The number of anilines is 2. The van der Waals surface area contributed by atoms with Crippen LogP contribution in [0, 0.1) is 34.0 Å². The summed E-state index contributed by atoms with van der Waals surface area (Å²) in [5, 5.41) is 13.2. The van der Waals surface area contributed by atoms with Gasteiger partial charge in [-0.3, -0.25) is 9.59 Å². The first kappa shape index (κ1) is 21.1. The SMILES string of the molecule is CC(C)(C)C1CCC(C#N)(C2C(=O)N(c3ccccc3)N(c3ccccc3)C2=O)CC1. The van der Waals surface area contributed by atoms with E-state index in [0.29, 0.717) is 30.1 Å². The molecule has 5 nitrogen and oxygen atoms in total. The smallest absolute Gasteiger partial charge is 0.260 e. The molecule has 1 saturated heterocycles. The van der Waals surface area contributed by atoms with E-state index < -0.39 is 11.3 Å². The molecular formula is C26H29N3O2. The third-order valence-corrected chi connectivity index (χ3v) is 6.99. The van der Waals surface area contributed by atoms with E-state index in [1.165, 1.54) is 10.0 Å². The van der Waals surface area contributed by atoms with Crippen LogP contribution in [0.5, 0.6) is 0 Å². The minimum atomic E-state index is -0.987. The highest BCUT2D eigenvalue weighted by atomic mass is 16.2. The first-order chi connectivity index (χ1) is 14.8. The lowest BCUT2D eigenvalue weighted by molar-refractivity contribution is -0.132. The largest absolute Gasteiger partial charge is 0.272 e. The van der Waals surface area contributed by atoms with Gasteiger partial charge in [-0.2, -0.15) is 5.26 Å². The van der Waals surface area contributed by atoms with Crippen molar-refractivity contribution in [2.75, 3.05) is 10.0 Å². The Kier molecular flexibility index (Phi) is 5.35. The van der Waals surface area contributed by atoms with E-state index in [0.717, 1.165) is 12.8 Å². The van der Waals surface area contributed by atoms with E-state index in [2.05, 4.69) is 26.8 Å². The van der Waals surface area contributed by atoms with E-state index >= 15 is 0 Å². The van der Waals surface area contributed by atoms with Crippen LogP contribution in [0.15, 0.2) is 60.7 Å². The zero-order chi connectivity index (χ0) is 22.2. The highest BCUT2D eigenvalue weighted by Gasteiger charge is 2.58. The fourth-order valence-corrected chi connectivity index (χ4v) is 5.11. The molecule has 0 unspecified atom stereocenters. The van der Waals surface area contributed by atoms with E-state index in [4.69, 9.17) is 0 Å². The summed E-state index contributed by atoms with van der Waals surface area (Å²) in [6.45, 7) is 6.66. The summed E-state index contributed by atoms with van der Waals surface area (Å²) >= 11 is 0. The van der Waals surface area contributed by atoms with Gasteiger partial charge in [0.25, 0.3) is 11.8 Å². The number of amides is 2. The maximum Gasteiger partial charge on any atom is 0.260 e. The normalized spacial score (nSPS) is 25.0. The molecule has 2 fully saturated rings. The van der Waals surface area contributed by atoms with Crippen LogP contribution in [-0.2, 0) is 9.59 Å². The Morgan fingerprint density at radius 1 is 0.839 bits per heavy atom. The summed E-state index contributed by atoms with van der Waals surface area (Å²) in [5.41, 5.74) is 0.441. The fourth-order valence-electron chi connectivity index (χ4n) is 5.11. The van der Waals surface area contributed by atoms with E-state index in [9.17, 15) is 14.9 Å². The van der Waals surface area contributed by atoms with Gasteiger partial charge in [0.1, 0.15) is 5.92 Å². The zero-order valence-electron chi connectivity index (χ0n) is 18.4. The highest BCUT2D eigenvalue weighted by molar-refractivity contribution is 6.23. The third-order valence-electron chi connectivity index (χ3n) is 6.99. The van der Waals surface area contributed by atoms with Crippen LogP contribution in [0.3, 0.4) is 0 Å². The summed E-state index contributed by atoms with van der Waals surface area (Å²) in [6, 6.07) is 20.8. The highest BCUT2D eigenvalue weighted by Crippen LogP contribution is 2.51. The van der Waals surface area contributed by atoms with Gasteiger partial charge in [-0.1, -0.05) is 57.2 Å². The lowest BCUT2D eigenvalue weighted by Crippen LogP contribution is -2.42.